The van der Waals surface area contributed by atoms with Crippen LogP contribution in [0, 0.1) is 6.92 Å². The van der Waals surface area contributed by atoms with Crippen molar-refractivity contribution in [1.29, 1.82) is 0 Å². The third kappa shape index (κ3) is 4.74. The Hall–Kier alpha value is -2.49. The third-order valence-electron chi connectivity index (χ3n) is 3.72. The summed E-state index contributed by atoms with van der Waals surface area (Å²) in [5.74, 6) is 1.31. The molecule has 0 spiro atoms. The van der Waals surface area contributed by atoms with Crippen molar-refractivity contribution in [3.8, 4) is 11.5 Å². The topological polar surface area (TPSA) is 47.6 Å². The minimum atomic E-state index is -0.507. The summed E-state index contributed by atoms with van der Waals surface area (Å²) in [4.78, 5) is 12.3. The van der Waals surface area contributed by atoms with Gasteiger partial charge in [0.15, 0.2) is 6.10 Å². The fraction of sp³-hybridized carbons (Fsp3) is 0.316. The van der Waals surface area contributed by atoms with Crippen molar-refractivity contribution in [2.24, 2.45) is 0 Å². The van der Waals surface area contributed by atoms with E-state index in [2.05, 4.69) is 5.32 Å². The highest BCUT2D eigenvalue weighted by molar-refractivity contribution is 5.81. The largest absolute Gasteiger partial charge is 0.497 e. The van der Waals surface area contributed by atoms with Crippen molar-refractivity contribution >= 4 is 5.91 Å². The van der Waals surface area contributed by atoms with Crippen LogP contribution >= 0.6 is 0 Å². The number of carbonyl (C=O) groups excluding carboxylic acids is 1. The Morgan fingerprint density at radius 2 is 1.74 bits per heavy atom. The van der Waals surface area contributed by atoms with Gasteiger partial charge >= 0.3 is 0 Å². The second kappa shape index (κ2) is 8.22. The lowest BCUT2D eigenvalue weighted by molar-refractivity contribution is -0.128. The van der Waals surface area contributed by atoms with Gasteiger partial charge in [-0.05, 0) is 48.7 Å². The number of aryl methyl sites for hydroxylation is 1. The molecule has 122 valence electrons. The molecule has 0 aromatic heterocycles. The lowest BCUT2D eigenvalue weighted by atomic mass is 10.1. The minimum Gasteiger partial charge on any atom is -0.497 e. The molecule has 0 aliphatic carbocycles. The Balaban J connectivity index is 1.94. The fourth-order valence-electron chi connectivity index (χ4n) is 2.25. The quantitative estimate of drug-likeness (QED) is 0.851. The van der Waals surface area contributed by atoms with Gasteiger partial charge in [-0.3, -0.25) is 4.79 Å². The number of ether oxygens (including phenoxy) is 2. The predicted octanol–water partition coefficient (Wildman–Crippen LogP) is 3.48. The average Bonchev–Trinajstić information content (AvgIpc) is 2.59. The van der Waals surface area contributed by atoms with Gasteiger partial charge in [0.2, 0.25) is 0 Å². The number of nitrogens with one attached hydrogen (secondary N) is 1. The zero-order chi connectivity index (χ0) is 16.7. The normalized spacial score (nSPS) is 11.6. The Bertz CT molecular complexity index is 637. The molecule has 0 saturated carbocycles. The Kier molecular flexibility index (Phi) is 6.03. The van der Waals surface area contributed by atoms with E-state index < -0.39 is 6.10 Å². The van der Waals surface area contributed by atoms with Gasteiger partial charge in [-0.1, -0.05) is 31.2 Å². The van der Waals surface area contributed by atoms with E-state index in [-0.39, 0.29) is 5.91 Å². The van der Waals surface area contributed by atoms with Gasteiger partial charge < -0.3 is 14.8 Å². The first-order valence-corrected chi connectivity index (χ1v) is 7.77. The number of methoxy groups -OCH3 is 1. The van der Waals surface area contributed by atoms with Gasteiger partial charge in [-0.15, -0.1) is 0 Å². The standard InChI is InChI=1S/C19H23NO3/c1-4-18(23-17-11-9-16(22-3)10-12-17)19(21)20-13-15-8-6-5-7-14(15)2/h5-12,18H,4,13H2,1-3H3,(H,20,21). The predicted molar refractivity (Wildman–Crippen MR) is 90.7 cm³/mol. The number of rotatable bonds is 7. The summed E-state index contributed by atoms with van der Waals surface area (Å²) in [6, 6.07) is 15.2. The summed E-state index contributed by atoms with van der Waals surface area (Å²) in [5.41, 5.74) is 2.28. The highest BCUT2D eigenvalue weighted by Crippen LogP contribution is 2.19. The summed E-state index contributed by atoms with van der Waals surface area (Å²) in [5, 5.41) is 2.94. The van der Waals surface area contributed by atoms with Crippen LogP contribution in [0.15, 0.2) is 48.5 Å². The van der Waals surface area contributed by atoms with E-state index in [4.69, 9.17) is 9.47 Å². The van der Waals surface area contributed by atoms with Crippen LogP contribution in [-0.4, -0.2) is 19.1 Å². The Morgan fingerprint density at radius 1 is 1.09 bits per heavy atom. The molecule has 0 bridgehead atoms. The highest BCUT2D eigenvalue weighted by atomic mass is 16.5. The van der Waals surface area contributed by atoms with Crippen LogP contribution in [0.3, 0.4) is 0 Å². The summed E-state index contributed by atoms with van der Waals surface area (Å²) in [7, 11) is 1.61. The van der Waals surface area contributed by atoms with Gasteiger partial charge in [0.05, 0.1) is 7.11 Å². The molecule has 0 saturated heterocycles. The summed E-state index contributed by atoms with van der Waals surface area (Å²) < 4.78 is 10.9. The number of benzene rings is 2. The van der Waals surface area contributed by atoms with Crippen LogP contribution in [0.2, 0.25) is 0 Å². The summed E-state index contributed by atoms with van der Waals surface area (Å²) in [6.07, 6.45) is 0.0958. The van der Waals surface area contributed by atoms with Crippen LogP contribution < -0.4 is 14.8 Å². The van der Waals surface area contributed by atoms with E-state index in [1.807, 2.05) is 50.2 Å². The Labute approximate surface area is 137 Å². The molecule has 0 heterocycles. The first-order valence-electron chi connectivity index (χ1n) is 7.77. The van der Waals surface area contributed by atoms with E-state index in [1.54, 1.807) is 19.2 Å². The van der Waals surface area contributed by atoms with Crippen molar-refractivity contribution in [2.75, 3.05) is 7.11 Å². The first-order chi connectivity index (χ1) is 11.1. The monoisotopic (exact) mass is 313 g/mol. The smallest absolute Gasteiger partial charge is 0.261 e. The van der Waals surface area contributed by atoms with Crippen LogP contribution in [0.4, 0.5) is 0 Å². The molecule has 4 heteroatoms. The van der Waals surface area contributed by atoms with Gasteiger partial charge in [-0.25, -0.2) is 0 Å². The average molecular weight is 313 g/mol. The van der Waals surface area contributed by atoms with E-state index >= 15 is 0 Å². The molecule has 0 radical (unpaired) electrons. The maximum absolute atomic E-state index is 12.3. The number of amides is 1. The van der Waals surface area contributed by atoms with E-state index in [9.17, 15) is 4.79 Å². The van der Waals surface area contributed by atoms with Crippen LogP contribution in [0.25, 0.3) is 0 Å². The van der Waals surface area contributed by atoms with Gasteiger partial charge in [0.1, 0.15) is 11.5 Å². The first kappa shape index (κ1) is 16.9. The lowest BCUT2D eigenvalue weighted by Crippen LogP contribution is -2.37. The Morgan fingerprint density at radius 3 is 2.35 bits per heavy atom. The van der Waals surface area contributed by atoms with Gasteiger partial charge in [-0.2, -0.15) is 0 Å². The molecule has 0 aliphatic rings. The van der Waals surface area contributed by atoms with Gasteiger partial charge in [0.25, 0.3) is 5.91 Å². The summed E-state index contributed by atoms with van der Waals surface area (Å²) in [6.45, 7) is 4.47. The van der Waals surface area contributed by atoms with Crippen LogP contribution in [0.1, 0.15) is 24.5 Å². The molecule has 0 fully saturated rings. The molecule has 2 rings (SSSR count). The van der Waals surface area contributed by atoms with Gasteiger partial charge in [0, 0.05) is 6.54 Å². The third-order valence-corrected chi connectivity index (χ3v) is 3.72. The zero-order valence-electron chi connectivity index (χ0n) is 13.8. The minimum absolute atomic E-state index is 0.105. The maximum atomic E-state index is 12.3. The number of hydrogen-bond acceptors (Lipinski definition) is 3. The van der Waals surface area contributed by atoms with Crippen LogP contribution in [0.5, 0.6) is 11.5 Å². The van der Waals surface area contributed by atoms with E-state index in [0.717, 1.165) is 16.9 Å². The highest BCUT2D eigenvalue weighted by Gasteiger charge is 2.18. The molecule has 1 unspecified atom stereocenters. The van der Waals surface area contributed by atoms with Crippen molar-refractivity contribution in [3.05, 3.63) is 59.7 Å². The number of hydrogen-bond donors (Lipinski definition) is 1. The molecule has 2 aromatic carbocycles. The molecule has 1 amide bonds. The van der Waals surface area contributed by atoms with E-state index in [1.165, 1.54) is 0 Å². The van der Waals surface area contributed by atoms with E-state index in [0.29, 0.717) is 18.7 Å². The lowest BCUT2D eigenvalue weighted by Gasteiger charge is -2.18. The fourth-order valence-corrected chi connectivity index (χ4v) is 2.25. The van der Waals surface area contributed by atoms with Crippen molar-refractivity contribution in [1.82, 2.24) is 5.32 Å². The summed E-state index contributed by atoms with van der Waals surface area (Å²) >= 11 is 0. The molecule has 1 atom stereocenters. The SMILES string of the molecule is CCC(Oc1ccc(OC)cc1)C(=O)NCc1ccccc1C. The molecule has 0 aliphatic heterocycles. The number of carbonyl (C=O) groups is 1. The molecule has 23 heavy (non-hydrogen) atoms. The van der Waals surface area contributed by atoms with Crippen molar-refractivity contribution in [3.63, 3.8) is 0 Å². The molecular weight excluding hydrogens is 290 g/mol. The second-order valence-corrected chi connectivity index (χ2v) is 5.33. The van der Waals surface area contributed by atoms with Crippen molar-refractivity contribution < 1.29 is 14.3 Å². The molecular formula is C19H23NO3. The molecule has 1 N–H and O–H groups in total. The molecule has 4 nitrogen and oxygen atoms in total. The zero-order valence-corrected chi connectivity index (χ0v) is 13.8. The maximum Gasteiger partial charge on any atom is 0.261 e. The van der Waals surface area contributed by atoms with Crippen LogP contribution in [-0.2, 0) is 11.3 Å². The second-order valence-electron chi connectivity index (χ2n) is 5.33. The molecule has 2 aromatic rings. The van der Waals surface area contributed by atoms with Crippen molar-refractivity contribution in [2.45, 2.75) is 32.9 Å².